The lowest BCUT2D eigenvalue weighted by molar-refractivity contribution is -0.123. The average Bonchev–Trinajstić information content (AvgIpc) is 3.29. The van der Waals surface area contributed by atoms with E-state index >= 15 is 0 Å². The molecule has 1 fully saturated rings. The quantitative estimate of drug-likeness (QED) is 0.937. The van der Waals surface area contributed by atoms with Gasteiger partial charge in [0.05, 0.1) is 23.6 Å². The Morgan fingerprint density at radius 1 is 1.29 bits per heavy atom. The maximum Gasteiger partial charge on any atom is 0.223 e. The number of benzene rings is 1. The van der Waals surface area contributed by atoms with Crippen molar-refractivity contribution in [3.05, 3.63) is 47.5 Å². The third kappa shape index (κ3) is 2.83. The summed E-state index contributed by atoms with van der Waals surface area (Å²) in [7, 11) is 0. The second-order valence-corrected chi connectivity index (χ2v) is 7.82. The molecule has 1 aromatic heterocycles. The number of carbonyl (C=O) groups excluding carboxylic acids is 1. The summed E-state index contributed by atoms with van der Waals surface area (Å²) in [5, 5.41) is 7.74. The molecule has 5 heteroatoms. The van der Waals surface area contributed by atoms with E-state index in [1.54, 1.807) is 12.1 Å². The number of hydrogen-bond donors (Lipinski definition) is 1. The van der Waals surface area contributed by atoms with Crippen LogP contribution < -0.4 is 5.32 Å². The van der Waals surface area contributed by atoms with Crippen LogP contribution in [0.15, 0.2) is 30.5 Å². The minimum atomic E-state index is -0.255. The van der Waals surface area contributed by atoms with Crippen LogP contribution in [-0.4, -0.2) is 15.7 Å². The molecule has 0 bridgehead atoms. The predicted octanol–water partition coefficient (Wildman–Crippen LogP) is 3.55. The van der Waals surface area contributed by atoms with E-state index in [1.165, 1.54) is 12.1 Å². The fraction of sp³-hybridized carbons (Fsp3) is 0.474. The number of nitrogens with zero attached hydrogens (tertiary/aromatic N) is 2. The maximum atomic E-state index is 13.2. The molecular weight excluding hydrogens is 305 g/mol. The van der Waals surface area contributed by atoms with Crippen LogP contribution in [0.5, 0.6) is 0 Å². The van der Waals surface area contributed by atoms with Gasteiger partial charge in [-0.25, -0.2) is 9.07 Å². The standard InChI is InChI=1S/C19H22FN3O/c1-19(2)9-16(22-18(24)12-3-4-12)15-11-21-23(17(15)10-19)14-7-5-13(20)6-8-14/h5-8,11-12,16H,3-4,9-10H2,1-2H3,(H,22,24)/t16-/m1/s1. The molecule has 2 aliphatic carbocycles. The molecule has 0 spiro atoms. The molecule has 1 saturated carbocycles. The van der Waals surface area contributed by atoms with E-state index < -0.39 is 0 Å². The molecule has 0 unspecified atom stereocenters. The third-order valence-corrected chi connectivity index (χ3v) is 5.02. The first kappa shape index (κ1) is 15.4. The number of amides is 1. The second-order valence-electron chi connectivity index (χ2n) is 7.82. The fourth-order valence-corrected chi connectivity index (χ4v) is 3.61. The largest absolute Gasteiger partial charge is 0.349 e. The van der Waals surface area contributed by atoms with Crippen LogP contribution in [0.4, 0.5) is 4.39 Å². The van der Waals surface area contributed by atoms with E-state index in [0.29, 0.717) is 0 Å². The summed E-state index contributed by atoms with van der Waals surface area (Å²) >= 11 is 0. The number of hydrogen-bond acceptors (Lipinski definition) is 2. The van der Waals surface area contributed by atoms with Gasteiger partial charge < -0.3 is 5.32 Å². The minimum absolute atomic E-state index is 0.00560. The highest BCUT2D eigenvalue weighted by Gasteiger charge is 2.38. The Balaban J connectivity index is 1.70. The smallest absolute Gasteiger partial charge is 0.223 e. The zero-order valence-electron chi connectivity index (χ0n) is 14.1. The van der Waals surface area contributed by atoms with Crippen LogP contribution >= 0.6 is 0 Å². The molecule has 2 aromatic rings. The van der Waals surface area contributed by atoms with E-state index in [0.717, 1.165) is 42.6 Å². The number of carbonyl (C=O) groups is 1. The van der Waals surface area contributed by atoms with Gasteiger partial charge >= 0.3 is 0 Å². The van der Waals surface area contributed by atoms with Gasteiger partial charge in [-0.15, -0.1) is 0 Å². The van der Waals surface area contributed by atoms with Crippen LogP contribution in [0.3, 0.4) is 0 Å². The molecule has 1 amide bonds. The van der Waals surface area contributed by atoms with Gasteiger partial charge in [0, 0.05) is 11.5 Å². The van der Waals surface area contributed by atoms with Crippen LogP contribution in [0.25, 0.3) is 5.69 Å². The van der Waals surface area contributed by atoms with Gasteiger partial charge in [0.25, 0.3) is 0 Å². The van der Waals surface area contributed by atoms with Crippen molar-refractivity contribution >= 4 is 5.91 Å². The van der Waals surface area contributed by atoms with Gasteiger partial charge in [0.2, 0.25) is 5.91 Å². The lowest BCUT2D eigenvalue weighted by atomic mass is 9.74. The molecule has 1 atom stereocenters. The number of fused-ring (bicyclic) bond motifs is 1. The zero-order chi connectivity index (χ0) is 16.9. The average molecular weight is 327 g/mol. The lowest BCUT2D eigenvalue weighted by Crippen LogP contribution is -2.37. The van der Waals surface area contributed by atoms with Gasteiger partial charge in [0.1, 0.15) is 5.82 Å². The van der Waals surface area contributed by atoms with Gasteiger partial charge in [-0.1, -0.05) is 13.8 Å². The van der Waals surface area contributed by atoms with Crippen LogP contribution in [0, 0.1) is 17.2 Å². The first-order chi connectivity index (χ1) is 11.4. The molecular formula is C19H22FN3O. The normalized spacial score (nSPS) is 22.0. The van der Waals surface area contributed by atoms with Crippen LogP contribution in [0.1, 0.15) is 50.4 Å². The van der Waals surface area contributed by atoms with Crippen molar-refractivity contribution in [2.45, 2.75) is 45.6 Å². The van der Waals surface area contributed by atoms with Crippen molar-refractivity contribution in [3.8, 4) is 5.69 Å². The highest BCUT2D eigenvalue weighted by atomic mass is 19.1. The molecule has 126 valence electrons. The molecule has 0 aliphatic heterocycles. The Kier molecular flexibility index (Phi) is 3.48. The molecule has 1 aromatic carbocycles. The topological polar surface area (TPSA) is 46.9 Å². The summed E-state index contributed by atoms with van der Waals surface area (Å²) < 4.78 is 15.1. The Morgan fingerprint density at radius 2 is 2.00 bits per heavy atom. The maximum absolute atomic E-state index is 13.2. The van der Waals surface area contributed by atoms with Crippen molar-refractivity contribution in [1.82, 2.24) is 15.1 Å². The molecule has 24 heavy (non-hydrogen) atoms. The number of halogens is 1. The predicted molar refractivity (Wildman–Crippen MR) is 89.2 cm³/mol. The van der Waals surface area contributed by atoms with E-state index in [9.17, 15) is 9.18 Å². The van der Waals surface area contributed by atoms with Gasteiger partial charge in [0.15, 0.2) is 0 Å². The molecule has 2 aliphatic rings. The molecule has 1 N–H and O–H groups in total. The number of aromatic nitrogens is 2. The van der Waals surface area contributed by atoms with Crippen LogP contribution in [-0.2, 0) is 11.2 Å². The van der Waals surface area contributed by atoms with Crippen molar-refractivity contribution < 1.29 is 9.18 Å². The second kappa shape index (κ2) is 5.43. The van der Waals surface area contributed by atoms with Crippen molar-refractivity contribution in [1.29, 1.82) is 0 Å². The summed E-state index contributed by atoms with van der Waals surface area (Å²) in [5.74, 6) is 0.110. The van der Waals surface area contributed by atoms with Gasteiger partial charge in [-0.2, -0.15) is 5.10 Å². The molecule has 4 rings (SSSR count). The summed E-state index contributed by atoms with van der Waals surface area (Å²) in [5.41, 5.74) is 3.13. The minimum Gasteiger partial charge on any atom is -0.349 e. The summed E-state index contributed by atoms with van der Waals surface area (Å²) in [6, 6.07) is 6.38. The Bertz CT molecular complexity index is 774. The van der Waals surface area contributed by atoms with Crippen molar-refractivity contribution in [3.63, 3.8) is 0 Å². The highest BCUT2D eigenvalue weighted by Crippen LogP contribution is 2.42. The first-order valence-electron chi connectivity index (χ1n) is 8.56. The lowest BCUT2D eigenvalue weighted by Gasteiger charge is -2.36. The number of nitrogens with one attached hydrogen (secondary N) is 1. The van der Waals surface area contributed by atoms with E-state index in [-0.39, 0.29) is 29.1 Å². The zero-order valence-corrected chi connectivity index (χ0v) is 14.1. The molecule has 0 radical (unpaired) electrons. The Hall–Kier alpha value is -2.17. The monoisotopic (exact) mass is 327 g/mol. The summed E-state index contributed by atoms with van der Waals surface area (Å²) in [6.45, 7) is 4.43. The van der Waals surface area contributed by atoms with Crippen LogP contribution in [0.2, 0.25) is 0 Å². The third-order valence-electron chi connectivity index (χ3n) is 5.02. The van der Waals surface area contributed by atoms with Gasteiger partial charge in [-0.05, 0) is 55.4 Å². The van der Waals surface area contributed by atoms with E-state index in [2.05, 4.69) is 24.3 Å². The molecule has 1 heterocycles. The van der Waals surface area contributed by atoms with Gasteiger partial charge in [-0.3, -0.25) is 4.79 Å². The first-order valence-corrected chi connectivity index (χ1v) is 8.56. The van der Waals surface area contributed by atoms with Crippen molar-refractivity contribution in [2.75, 3.05) is 0 Å². The fourth-order valence-electron chi connectivity index (χ4n) is 3.61. The van der Waals surface area contributed by atoms with Crippen molar-refractivity contribution in [2.24, 2.45) is 11.3 Å². The number of rotatable bonds is 3. The Morgan fingerprint density at radius 3 is 2.67 bits per heavy atom. The Labute approximate surface area is 141 Å². The highest BCUT2D eigenvalue weighted by molar-refractivity contribution is 5.81. The summed E-state index contributed by atoms with van der Waals surface area (Å²) in [6.07, 6.45) is 5.65. The van der Waals surface area contributed by atoms with E-state index in [1.807, 2.05) is 10.9 Å². The molecule has 4 nitrogen and oxygen atoms in total. The van der Waals surface area contributed by atoms with E-state index in [4.69, 9.17) is 0 Å². The SMILES string of the molecule is CC1(C)Cc2c(cnn2-c2ccc(F)cc2)[C@H](NC(=O)C2CC2)C1. The summed E-state index contributed by atoms with van der Waals surface area (Å²) in [4.78, 5) is 12.2. The molecule has 0 saturated heterocycles.